The lowest BCUT2D eigenvalue weighted by Gasteiger charge is -2.01. The monoisotopic (exact) mass is 161 g/mol. The van der Waals surface area contributed by atoms with E-state index in [4.69, 9.17) is 11.3 Å². The molecule has 2 nitrogen and oxygen atoms in total. The van der Waals surface area contributed by atoms with Crippen LogP contribution in [0.2, 0.25) is 0 Å². The van der Waals surface area contributed by atoms with Gasteiger partial charge in [0.25, 0.3) is 0 Å². The third kappa shape index (κ3) is 2.28. The van der Waals surface area contributed by atoms with Crippen molar-refractivity contribution in [3.8, 4) is 5.75 Å². The molecular formula is C10H11NO. The molecule has 0 aliphatic carbocycles. The summed E-state index contributed by atoms with van der Waals surface area (Å²) in [6, 6.07) is 7.63. The van der Waals surface area contributed by atoms with Crippen molar-refractivity contribution in [3.63, 3.8) is 0 Å². The number of ether oxygens (including phenoxy) is 1. The largest absolute Gasteiger partial charge is 0.494 e. The maximum absolute atomic E-state index is 6.67. The summed E-state index contributed by atoms with van der Waals surface area (Å²) in [5.41, 5.74) is 1.04. The second-order valence-electron chi connectivity index (χ2n) is 2.39. The molecule has 1 aromatic rings. The van der Waals surface area contributed by atoms with Crippen molar-refractivity contribution in [3.05, 3.63) is 41.2 Å². The lowest BCUT2D eigenvalue weighted by atomic mass is 10.2. The molecule has 0 bridgehead atoms. The molecule has 2 heteroatoms. The fourth-order valence-electron chi connectivity index (χ4n) is 0.949. The van der Waals surface area contributed by atoms with Gasteiger partial charge in [0.05, 0.1) is 6.61 Å². The van der Waals surface area contributed by atoms with E-state index in [1.807, 2.05) is 31.2 Å². The van der Waals surface area contributed by atoms with Crippen molar-refractivity contribution >= 4 is 0 Å². The Labute approximate surface area is 72.6 Å². The molecule has 0 fully saturated rings. The molecule has 0 heterocycles. The molecule has 0 aliphatic rings. The minimum absolute atomic E-state index is 0.451. The van der Waals surface area contributed by atoms with Crippen LogP contribution in [0.25, 0.3) is 4.85 Å². The predicted octanol–water partition coefficient (Wildman–Crippen LogP) is 2.50. The first-order valence-corrected chi connectivity index (χ1v) is 3.91. The molecule has 0 N–H and O–H groups in total. The Morgan fingerprint density at radius 3 is 2.50 bits per heavy atom. The van der Waals surface area contributed by atoms with Crippen LogP contribution >= 0.6 is 0 Å². The molecule has 0 aliphatic heterocycles. The Kier molecular flexibility index (Phi) is 3.16. The Morgan fingerprint density at radius 1 is 1.33 bits per heavy atom. The average molecular weight is 161 g/mol. The second-order valence-corrected chi connectivity index (χ2v) is 2.39. The van der Waals surface area contributed by atoms with Crippen molar-refractivity contribution in [2.24, 2.45) is 0 Å². The first-order valence-electron chi connectivity index (χ1n) is 3.91. The zero-order valence-corrected chi connectivity index (χ0v) is 7.08. The van der Waals surface area contributed by atoms with Gasteiger partial charge in [0, 0.05) is 5.56 Å². The van der Waals surface area contributed by atoms with Crippen LogP contribution in [0.15, 0.2) is 24.3 Å². The van der Waals surface area contributed by atoms with Crippen LogP contribution in [0.4, 0.5) is 0 Å². The highest BCUT2D eigenvalue weighted by Gasteiger charge is 1.95. The molecule has 1 rings (SSSR count). The van der Waals surface area contributed by atoms with Gasteiger partial charge in [-0.2, -0.15) is 0 Å². The molecular weight excluding hydrogens is 150 g/mol. The lowest BCUT2D eigenvalue weighted by molar-refractivity contribution is 0.340. The van der Waals surface area contributed by atoms with Gasteiger partial charge in [0.2, 0.25) is 6.54 Å². The van der Waals surface area contributed by atoms with Gasteiger partial charge < -0.3 is 9.58 Å². The van der Waals surface area contributed by atoms with Gasteiger partial charge in [-0.05, 0) is 31.2 Å². The van der Waals surface area contributed by atoms with Gasteiger partial charge in [-0.15, -0.1) is 0 Å². The van der Waals surface area contributed by atoms with Gasteiger partial charge in [0.15, 0.2) is 0 Å². The summed E-state index contributed by atoms with van der Waals surface area (Å²) in [7, 11) is 0. The summed E-state index contributed by atoms with van der Waals surface area (Å²) in [5, 5.41) is 0. The first kappa shape index (κ1) is 8.61. The van der Waals surface area contributed by atoms with E-state index in [1.54, 1.807) is 0 Å². The lowest BCUT2D eigenvalue weighted by Crippen LogP contribution is -1.90. The Balaban J connectivity index is 2.66. The number of nitrogens with zero attached hydrogens (tertiary/aromatic N) is 1. The van der Waals surface area contributed by atoms with E-state index < -0.39 is 0 Å². The fraction of sp³-hybridized carbons (Fsp3) is 0.300. The van der Waals surface area contributed by atoms with Crippen LogP contribution < -0.4 is 4.74 Å². The molecule has 0 saturated carbocycles. The summed E-state index contributed by atoms with van der Waals surface area (Å²) in [6.45, 7) is 9.75. The van der Waals surface area contributed by atoms with Crippen LogP contribution in [0, 0.1) is 6.57 Å². The molecule has 0 saturated heterocycles. The normalized spacial score (nSPS) is 9.00. The van der Waals surface area contributed by atoms with E-state index in [0.29, 0.717) is 13.2 Å². The van der Waals surface area contributed by atoms with E-state index in [2.05, 4.69) is 4.85 Å². The van der Waals surface area contributed by atoms with Gasteiger partial charge in [-0.1, -0.05) is 0 Å². The summed E-state index contributed by atoms with van der Waals surface area (Å²) in [6.07, 6.45) is 0. The number of hydrogen-bond donors (Lipinski definition) is 0. The second kappa shape index (κ2) is 4.40. The predicted molar refractivity (Wildman–Crippen MR) is 47.9 cm³/mol. The van der Waals surface area contributed by atoms with Crippen LogP contribution in [0.1, 0.15) is 12.5 Å². The molecule has 0 radical (unpaired) electrons. The van der Waals surface area contributed by atoms with Crippen LogP contribution in [0.5, 0.6) is 5.75 Å². The summed E-state index contributed by atoms with van der Waals surface area (Å²) in [5.74, 6) is 0.867. The van der Waals surface area contributed by atoms with E-state index in [0.717, 1.165) is 11.3 Å². The van der Waals surface area contributed by atoms with Crippen molar-refractivity contribution in [2.75, 3.05) is 6.61 Å². The molecule has 0 aromatic heterocycles. The minimum atomic E-state index is 0.451. The summed E-state index contributed by atoms with van der Waals surface area (Å²) in [4.78, 5) is 3.29. The van der Waals surface area contributed by atoms with E-state index in [1.165, 1.54) is 0 Å². The van der Waals surface area contributed by atoms with Gasteiger partial charge >= 0.3 is 0 Å². The molecule has 0 amide bonds. The Bertz CT molecular complexity index is 271. The third-order valence-electron chi connectivity index (χ3n) is 1.50. The summed E-state index contributed by atoms with van der Waals surface area (Å²) >= 11 is 0. The quantitative estimate of drug-likeness (QED) is 0.621. The van der Waals surface area contributed by atoms with Crippen molar-refractivity contribution in [1.82, 2.24) is 0 Å². The SMILES string of the molecule is [C-]#[N+]Cc1ccc(OCC)cc1. The zero-order chi connectivity index (χ0) is 8.81. The maximum atomic E-state index is 6.67. The van der Waals surface area contributed by atoms with Crippen LogP contribution in [-0.4, -0.2) is 6.61 Å². The maximum Gasteiger partial charge on any atom is 0.239 e. The number of hydrogen-bond acceptors (Lipinski definition) is 1. The van der Waals surface area contributed by atoms with Crippen molar-refractivity contribution in [1.29, 1.82) is 0 Å². The molecule has 12 heavy (non-hydrogen) atoms. The standard InChI is InChI=1S/C10H11NO/c1-3-12-10-6-4-9(5-7-10)8-11-2/h4-7H,3,8H2,1H3. The summed E-state index contributed by atoms with van der Waals surface area (Å²) < 4.78 is 5.26. The number of rotatable bonds is 3. The van der Waals surface area contributed by atoms with E-state index >= 15 is 0 Å². The molecule has 62 valence electrons. The molecule has 0 spiro atoms. The average Bonchev–Trinajstić information content (AvgIpc) is 2.09. The highest BCUT2D eigenvalue weighted by atomic mass is 16.5. The van der Waals surface area contributed by atoms with E-state index in [-0.39, 0.29) is 0 Å². The van der Waals surface area contributed by atoms with Gasteiger partial charge in [-0.3, -0.25) is 0 Å². The van der Waals surface area contributed by atoms with Gasteiger partial charge in [-0.25, -0.2) is 6.57 Å². The Morgan fingerprint density at radius 2 is 2.00 bits per heavy atom. The molecule has 1 aromatic carbocycles. The van der Waals surface area contributed by atoms with Crippen molar-refractivity contribution < 1.29 is 4.74 Å². The highest BCUT2D eigenvalue weighted by molar-refractivity contribution is 5.27. The zero-order valence-electron chi connectivity index (χ0n) is 7.08. The van der Waals surface area contributed by atoms with E-state index in [9.17, 15) is 0 Å². The highest BCUT2D eigenvalue weighted by Crippen LogP contribution is 2.12. The van der Waals surface area contributed by atoms with Crippen molar-refractivity contribution in [2.45, 2.75) is 13.5 Å². The topological polar surface area (TPSA) is 13.6 Å². The smallest absolute Gasteiger partial charge is 0.239 e. The third-order valence-corrected chi connectivity index (χ3v) is 1.50. The first-order chi connectivity index (χ1) is 5.86. The minimum Gasteiger partial charge on any atom is -0.494 e. The van der Waals surface area contributed by atoms with Crippen LogP contribution in [0.3, 0.4) is 0 Å². The van der Waals surface area contributed by atoms with Crippen LogP contribution in [-0.2, 0) is 6.54 Å². The molecule has 0 atom stereocenters. The number of benzene rings is 1. The van der Waals surface area contributed by atoms with Gasteiger partial charge in [0.1, 0.15) is 5.75 Å². The fourth-order valence-corrected chi connectivity index (χ4v) is 0.949. The molecule has 0 unspecified atom stereocenters. The Hall–Kier alpha value is -1.49.